The van der Waals surface area contributed by atoms with Gasteiger partial charge in [0.2, 0.25) is 5.91 Å². The summed E-state index contributed by atoms with van der Waals surface area (Å²) in [6, 6.07) is 5.59. The van der Waals surface area contributed by atoms with E-state index in [1.54, 1.807) is 6.07 Å². The van der Waals surface area contributed by atoms with Crippen LogP contribution in [0.5, 0.6) is 0 Å². The Labute approximate surface area is 102 Å². The zero-order valence-corrected chi connectivity index (χ0v) is 10.2. The van der Waals surface area contributed by atoms with Crippen molar-refractivity contribution in [3.05, 3.63) is 41.0 Å². The predicted molar refractivity (Wildman–Crippen MR) is 68.9 cm³/mol. The first-order valence-electron chi connectivity index (χ1n) is 5.60. The number of carbonyl (C=O) groups excluding carboxylic acids is 2. The Hall–Kier alpha value is -1.90. The molecule has 17 heavy (non-hydrogen) atoms. The first-order chi connectivity index (χ1) is 8.13. The summed E-state index contributed by atoms with van der Waals surface area (Å²) in [4.78, 5) is 21.3. The fraction of sp³-hybridized carbons (Fsp3) is 0.286. The Morgan fingerprint density at radius 1 is 1.41 bits per heavy atom. The van der Waals surface area contributed by atoms with Crippen LogP contribution in [0, 0.1) is 6.92 Å². The molecule has 1 aromatic rings. The van der Waals surface area contributed by atoms with Gasteiger partial charge in [0.15, 0.2) is 0 Å². The molecular weight excluding hydrogens is 214 g/mol. The average molecular weight is 231 g/mol. The zero-order chi connectivity index (χ0) is 12.7. The van der Waals surface area contributed by atoms with E-state index < -0.39 is 0 Å². The summed E-state index contributed by atoms with van der Waals surface area (Å²) in [6.07, 6.45) is 5.59. The van der Waals surface area contributed by atoms with Gasteiger partial charge >= 0.3 is 0 Å². The Bertz CT molecular complexity index is 436. The molecule has 0 saturated carbocycles. The van der Waals surface area contributed by atoms with E-state index in [0.717, 1.165) is 23.8 Å². The number of carbonyl (C=O) groups is 2. The standard InChI is InChI=1S/C14H17NO2/c1-11-6-7-13(10-16)9-14(11)5-3-4-8-15-12(2)17/h3,5-7,9-10H,4,8H2,1-2H3,(H,15,17). The largest absolute Gasteiger partial charge is 0.356 e. The lowest BCUT2D eigenvalue weighted by Crippen LogP contribution is -2.20. The van der Waals surface area contributed by atoms with Crippen LogP contribution in [0.25, 0.3) is 6.08 Å². The summed E-state index contributed by atoms with van der Waals surface area (Å²) in [5, 5.41) is 2.72. The molecule has 0 radical (unpaired) electrons. The highest BCUT2D eigenvalue weighted by Crippen LogP contribution is 2.12. The molecule has 0 aliphatic rings. The average Bonchev–Trinajstić information content (AvgIpc) is 2.30. The van der Waals surface area contributed by atoms with E-state index >= 15 is 0 Å². The van der Waals surface area contributed by atoms with Gasteiger partial charge in [0.25, 0.3) is 0 Å². The number of aldehydes is 1. The number of hydrogen-bond donors (Lipinski definition) is 1. The quantitative estimate of drug-likeness (QED) is 0.624. The predicted octanol–water partition coefficient (Wildman–Crippen LogP) is 2.35. The van der Waals surface area contributed by atoms with Crippen LogP contribution in [0.4, 0.5) is 0 Å². The molecule has 0 aromatic heterocycles. The molecule has 0 atom stereocenters. The van der Waals surface area contributed by atoms with Crippen LogP contribution in [-0.4, -0.2) is 18.7 Å². The van der Waals surface area contributed by atoms with Gasteiger partial charge in [-0.3, -0.25) is 9.59 Å². The molecule has 0 fully saturated rings. The highest BCUT2D eigenvalue weighted by molar-refractivity contribution is 5.77. The smallest absolute Gasteiger partial charge is 0.216 e. The van der Waals surface area contributed by atoms with E-state index in [9.17, 15) is 9.59 Å². The Kier molecular flexibility index (Phi) is 5.14. The molecule has 3 nitrogen and oxygen atoms in total. The van der Waals surface area contributed by atoms with Crippen molar-refractivity contribution >= 4 is 18.3 Å². The number of rotatable bonds is 5. The Balaban J connectivity index is 2.58. The molecule has 3 heteroatoms. The third kappa shape index (κ3) is 4.64. The second-order valence-electron chi connectivity index (χ2n) is 3.91. The van der Waals surface area contributed by atoms with Crippen LogP contribution in [-0.2, 0) is 4.79 Å². The van der Waals surface area contributed by atoms with Crippen molar-refractivity contribution in [1.82, 2.24) is 5.32 Å². The van der Waals surface area contributed by atoms with Crippen LogP contribution in [0.15, 0.2) is 24.3 Å². The van der Waals surface area contributed by atoms with Gasteiger partial charge in [0, 0.05) is 19.0 Å². The van der Waals surface area contributed by atoms with Gasteiger partial charge in [-0.25, -0.2) is 0 Å². The fourth-order valence-corrected chi connectivity index (χ4v) is 1.45. The van der Waals surface area contributed by atoms with Crippen molar-refractivity contribution in [1.29, 1.82) is 0 Å². The zero-order valence-electron chi connectivity index (χ0n) is 10.2. The van der Waals surface area contributed by atoms with Crippen LogP contribution in [0.1, 0.15) is 34.8 Å². The maximum absolute atomic E-state index is 10.6. The molecular formula is C14H17NO2. The summed E-state index contributed by atoms with van der Waals surface area (Å²) in [7, 11) is 0. The second kappa shape index (κ2) is 6.63. The van der Waals surface area contributed by atoms with Gasteiger partial charge in [-0.1, -0.05) is 24.3 Å². The van der Waals surface area contributed by atoms with Crippen molar-refractivity contribution in [3.63, 3.8) is 0 Å². The summed E-state index contributed by atoms with van der Waals surface area (Å²) >= 11 is 0. The second-order valence-corrected chi connectivity index (χ2v) is 3.91. The van der Waals surface area contributed by atoms with Gasteiger partial charge < -0.3 is 5.32 Å². The number of nitrogens with one attached hydrogen (secondary N) is 1. The van der Waals surface area contributed by atoms with Gasteiger partial charge in [0.1, 0.15) is 6.29 Å². The highest BCUT2D eigenvalue weighted by Gasteiger charge is 1.96. The minimum absolute atomic E-state index is 0.0162. The lowest BCUT2D eigenvalue weighted by Gasteiger charge is -2.01. The molecule has 1 rings (SSSR count). The fourth-order valence-electron chi connectivity index (χ4n) is 1.45. The molecule has 0 spiro atoms. The maximum atomic E-state index is 10.6. The molecule has 0 aliphatic carbocycles. The number of amides is 1. The van der Waals surface area contributed by atoms with E-state index in [4.69, 9.17) is 0 Å². The monoisotopic (exact) mass is 231 g/mol. The van der Waals surface area contributed by atoms with Crippen LogP contribution >= 0.6 is 0 Å². The molecule has 1 amide bonds. The van der Waals surface area contributed by atoms with E-state index in [1.165, 1.54) is 6.92 Å². The van der Waals surface area contributed by atoms with E-state index in [2.05, 4.69) is 5.32 Å². The van der Waals surface area contributed by atoms with Crippen molar-refractivity contribution in [2.24, 2.45) is 0 Å². The van der Waals surface area contributed by atoms with Crippen LogP contribution in [0.3, 0.4) is 0 Å². The SMILES string of the molecule is CC(=O)NCCC=Cc1cc(C=O)ccc1C. The normalized spacial score (nSPS) is 10.5. The van der Waals surface area contributed by atoms with Crippen molar-refractivity contribution in [2.75, 3.05) is 6.54 Å². The third-order valence-electron chi connectivity index (χ3n) is 2.42. The van der Waals surface area contributed by atoms with E-state index in [0.29, 0.717) is 12.1 Å². The number of hydrogen-bond acceptors (Lipinski definition) is 2. The van der Waals surface area contributed by atoms with Crippen LogP contribution in [0.2, 0.25) is 0 Å². The summed E-state index contributed by atoms with van der Waals surface area (Å²) in [5.41, 5.74) is 2.85. The molecule has 1 N–H and O–H groups in total. The topological polar surface area (TPSA) is 46.2 Å². The first kappa shape index (κ1) is 13.2. The van der Waals surface area contributed by atoms with Gasteiger partial charge in [-0.05, 0) is 30.5 Å². The third-order valence-corrected chi connectivity index (χ3v) is 2.42. The lowest BCUT2D eigenvalue weighted by atomic mass is 10.0. The van der Waals surface area contributed by atoms with Gasteiger partial charge in [0.05, 0.1) is 0 Å². The van der Waals surface area contributed by atoms with Crippen molar-refractivity contribution < 1.29 is 9.59 Å². The summed E-state index contributed by atoms with van der Waals surface area (Å²) < 4.78 is 0. The maximum Gasteiger partial charge on any atom is 0.216 e. The van der Waals surface area contributed by atoms with E-state index in [-0.39, 0.29) is 5.91 Å². The van der Waals surface area contributed by atoms with Gasteiger partial charge in [-0.2, -0.15) is 0 Å². The molecule has 0 bridgehead atoms. The van der Waals surface area contributed by atoms with Crippen molar-refractivity contribution in [3.8, 4) is 0 Å². The minimum atomic E-state index is -0.0162. The number of aryl methyl sites for hydroxylation is 1. The molecule has 0 saturated heterocycles. The van der Waals surface area contributed by atoms with Crippen molar-refractivity contribution in [2.45, 2.75) is 20.3 Å². The Morgan fingerprint density at radius 3 is 2.82 bits per heavy atom. The lowest BCUT2D eigenvalue weighted by molar-refractivity contribution is -0.118. The minimum Gasteiger partial charge on any atom is -0.356 e. The van der Waals surface area contributed by atoms with Crippen LogP contribution < -0.4 is 5.32 Å². The number of benzene rings is 1. The molecule has 0 heterocycles. The van der Waals surface area contributed by atoms with E-state index in [1.807, 2.05) is 31.2 Å². The summed E-state index contributed by atoms with van der Waals surface area (Å²) in [5.74, 6) is -0.0162. The highest BCUT2D eigenvalue weighted by atomic mass is 16.1. The molecule has 0 unspecified atom stereocenters. The molecule has 90 valence electrons. The summed E-state index contributed by atoms with van der Waals surface area (Å²) in [6.45, 7) is 4.14. The first-order valence-corrected chi connectivity index (χ1v) is 5.60. The van der Waals surface area contributed by atoms with Gasteiger partial charge in [-0.15, -0.1) is 0 Å². The Morgan fingerprint density at radius 2 is 2.18 bits per heavy atom. The molecule has 1 aromatic carbocycles. The molecule has 0 aliphatic heterocycles.